The maximum Gasteiger partial charge on any atom is 0.410 e. The smallest absolute Gasteiger partial charge is 0.410 e. The number of ether oxygens (including phenoxy) is 2. The van der Waals surface area contributed by atoms with E-state index in [1.807, 2.05) is 20.8 Å². The molecule has 1 amide bonds. The molecular weight excluding hydrogens is 324 g/mol. The van der Waals surface area contributed by atoms with Crippen LogP contribution in [-0.2, 0) is 21.5 Å². The third kappa shape index (κ3) is 3.08. The molecule has 1 aromatic heterocycles. The van der Waals surface area contributed by atoms with E-state index >= 15 is 0 Å². The van der Waals surface area contributed by atoms with Crippen molar-refractivity contribution in [2.75, 3.05) is 19.7 Å². The fourth-order valence-electron chi connectivity index (χ4n) is 3.17. The van der Waals surface area contributed by atoms with Crippen molar-refractivity contribution in [2.45, 2.75) is 51.2 Å². The second kappa shape index (κ2) is 5.70. The Bertz CT molecular complexity index is 616. The van der Waals surface area contributed by atoms with Gasteiger partial charge in [0.1, 0.15) is 11.2 Å². The van der Waals surface area contributed by atoms with Crippen LogP contribution in [0.15, 0.2) is 0 Å². The average Bonchev–Trinajstić information content (AvgIpc) is 2.76. The highest BCUT2D eigenvalue weighted by Crippen LogP contribution is 2.46. The van der Waals surface area contributed by atoms with Crippen LogP contribution in [0.4, 0.5) is 13.6 Å². The van der Waals surface area contributed by atoms with Crippen LogP contribution in [0.1, 0.15) is 44.1 Å². The van der Waals surface area contributed by atoms with E-state index < -0.39 is 22.2 Å². The Kier molecular flexibility index (Phi) is 4.13. The first-order valence-electron chi connectivity index (χ1n) is 7.81. The summed E-state index contributed by atoms with van der Waals surface area (Å²) in [5, 5.41) is -0.769. The molecule has 0 saturated carbocycles. The van der Waals surface area contributed by atoms with Crippen LogP contribution in [0.25, 0.3) is 0 Å². The molecule has 1 aromatic rings. The van der Waals surface area contributed by atoms with Crippen molar-refractivity contribution in [1.82, 2.24) is 4.90 Å². The number of halogens is 2. The van der Waals surface area contributed by atoms with E-state index in [4.69, 9.17) is 9.47 Å². The zero-order valence-corrected chi connectivity index (χ0v) is 14.4. The van der Waals surface area contributed by atoms with Gasteiger partial charge in [-0.3, -0.25) is 0 Å². The predicted molar refractivity (Wildman–Crippen MR) is 82.6 cm³/mol. The van der Waals surface area contributed by atoms with Gasteiger partial charge in [-0.1, -0.05) is 0 Å². The number of thiophene rings is 1. The minimum Gasteiger partial charge on any atom is -0.444 e. The number of carbonyl (C=O) groups excluding carboxylic acids is 1. The summed E-state index contributed by atoms with van der Waals surface area (Å²) < 4.78 is 38.8. The van der Waals surface area contributed by atoms with Gasteiger partial charge in [0.2, 0.25) is 5.13 Å². The molecule has 3 heterocycles. The van der Waals surface area contributed by atoms with Crippen LogP contribution in [0.5, 0.6) is 0 Å². The minimum absolute atomic E-state index is 0.355. The maximum atomic E-state index is 13.9. The normalized spacial score (nSPS) is 20.5. The third-order valence-corrected chi connectivity index (χ3v) is 5.45. The Hall–Kier alpha value is -1.21. The van der Waals surface area contributed by atoms with Crippen molar-refractivity contribution in [1.29, 1.82) is 0 Å². The molecule has 1 saturated heterocycles. The molecule has 0 aromatic carbocycles. The van der Waals surface area contributed by atoms with E-state index in [0.717, 1.165) is 11.3 Å². The zero-order chi connectivity index (χ0) is 16.8. The van der Waals surface area contributed by atoms with Gasteiger partial charge in [-0.25, -0.2) is 9.18 Å². The molecule has 3 rings (SSSR count). The van der Waals surface area contributed by atoms with Gasteiger partial charge in [0.15, 0.2) is 5.82 Å². The highest BCUT2D eigenvalue weighted by Gasteiger charge is 2.45. The highest BCUT2D eigenvalue weighted by molar-refractivity contribution is 7.10. The second-order valence-corrected chi connectivity index (χ2v) is 8.03. The lowest BCUT2D eigenvalue weighted by Crippen LogP contribution is -2.49. The summed E-state index contributed by atoms with van der Waals surface area (Å²) in [5.74, 6) is -0.734. The van der Waals surface area contributed by atoms with E-state index in [2.05, 4.69) is 0 Å². The first-order valence-corrected chi connectivity index (χ1v) is 8.62. The van der Waals surface area contributed by atoms with Crippen molar-refractivity contribution in [3.63, 3.8) is 0 Å². The van der Waals surface area contributed by atoms with Crippen molar-refractivity contribution >= 4 is 17.4 Å². The number of fused-ring (bicyclic) bond motifs is 2. The Morgan fingerprint density at radius 1 is 1.30 bits per heavy atom. The molecule has 23 heavy (non-hydrogen) atoms. The largest absolute Gasteiger partial charge is 0.444 e. The molecule has 0 bridgehead atoms. The molecule has 0 unspecified atom stereocenters. The lowest BCUT2D eigenvalue weighted by Gasteiger charge is -2.43. The number of carbonyl (C=O) groups is 1. The van der Waals surface area contributed by atoms with Gasteiger partial charge >= 0.3 is 6.09 Å². The quantitative estimate of drug-likeness (QED) is 0.717. The SMILES string of the molecule is CC(C)(C)OC(=O)N1CCC2(CC1)OCCc1c2sc(F)c1F. The summed E-state index contributed by atoms with van der Waals surface area (Å²) in [6.45, 7) is 6.76. The van der Waals surface area contributed by atoms with Crippen LogP contribution in [-0.4, -0.2) is 36.3 Å². The summed E-state index contributed by atoms with van der Waals surface area (Å²) in [4.78, 5) is 14.4. The van der Waals surface area contributed by atoms with Gasteiger partial charge in [-0.15, -0.1) is 11.3 Å². The summed E-state index contributed by atoms with van der Waals surface area (Å²) in [6.07, 6.45) is 1.10. The summed E-state index contributed by atoms with van der Waals surface area (Å²) in [7, 11) is 0. The van der Waals surface area contributed by atoms with Crippen LogP contribution < -0.4 is 0 Å². The van der Waals surface area contributed by atoms with Crippen molar-refractivity contribution < 1.29 is 23.0 Å². The molecule has 2 aliphatic rings. The van der Waals surface area contributed by atoms with Gasteiger partial charge in [-0.2, -0.15) is 4.39 Å². The van der Waals surface area contributed by atoms with E-state index in [1.54, 1.807) is 4.90 Å². The zero-order valence-electron chi connectivity index (χ0n) is 13.6. The number of piperidine rings is 1. The Balaban J connectivity index is 1.75. The lowest BCUT2D eigenvalue weighted by molar-refractivity contribution is -0.0954. The number of hydrogen-bond donors (Lipinski definition) is 0. The van der Waals surface area contributed by atoms with E-state index in [9.17, 15) is 13.6 Å². The second-order valence-electron chi connectivity index (χ2n) is 7.06. The van der Waals surface area contributed by atoms with Gasteiger partial charge < -0.3 is 14.4 Å². The molecule has 1 fully saturated rings. The monoisotopic (exact) mass is 345 g/mol. The first kappa shape index (κ1) is 16.6. The molecule has 0 radical (unpaired) electrons. The number of rotatable bonds is 0. The van der Waals surface area contributed by atoms with E-state index in [-0.39, 0.29) is 6.09 Å². The van der Waals surface area contributed by atoms with E-state index in [0.29, 0.717) is 49.4 Å². The van der Waals surface area contributed by atoms with E-state index in [1.165, 1.54) is 0 Å². The van der Waals surface area contributed by atoms with Crippen LogP contribution in [0.3, 0.4) is 0 Å². The standard InChI is InChI=1S/C16H21F2NO3S/c1-15(2,3)22-14(20)19-7-5-16(6-8-19)12-10(4-9-21-16)11(17)13(18)23-12/h4-9H2,1-3H3. The molecule has 4 nitrogen and oxygen atoms in total. The maximum absolute atomic E-state index is 13.9. The number of likely N-dealkylation sites (tertiary alicyclic amines) is 1. The van der Waals surface area contributed by atoms with Gasteiger partial charge in [0.05, 0.1) is 6.61 Å². The molecule has 2 aliphatic heterocycles. The first-order chi connectivity index (χ1) is 10.7. The molecule has 7 heteroatoms. The number of nitrogens with zero attached hydrogens (tertiary/aromatic N) is 1. The number of hydrogen-bond acceptors (Lipinski definition) is 4. The lowest BCUT2D eigenvalue weighted by atomic mass is 9.85. The Morgan fingerprint density at radius 2 is 1.96 bits per heavy atom. The average molecular weight is 345 g/mol. The summed E-state index contributed by atoms with van der Waals surface area (Å²) in [5.41, 5.74) is -0.757. The highest BCUT2D eigenvalue weighted by atomic mass is 32.1. The fraction of sp³-hybridized carbons (Fsp3) is 0.688. The Morgan fingerprint density at radius 3 is 2.57 bits per heavy atom. The van der Waals surface area contributed by atoms with Gasteiger partial charge in [-0.05, 0) is 33.6 Å². The van der Waals surface area contributed by atoms with Crippen molar-refractivity contribution in [3.8, 4) is 0 Å². The van der Waals surface area contributed by atoms with Gasteiger partial charge in [0.25, 0.3) is 0 Å². The molecule has 128 valence electrons. The van der Waals surface area contributed by atoms with Crippen molar-refractivity contribution in [2.24, 2.45) is 0 Å². The molecule has 1 spiro atoms. The fourth-order valence-corrected chi connectivity index (χ4v) is 4.32. The third-order valence-electron chi connectivity index (χ3n) is 4.27. The molecule has 0 N–H and O–H groups in total. The Labute approximate surface area is 138 Å². The van der Waals surface area contributed by atoms with Crippen molar-refractivity contribution in [3.05, 3.63) is 21.4 Å². The summed E-state index contributed by atoms with van der Waals surface area (Å²) >= 11 is 0.840. The molecule has 0 aliphatic carbocycles. The van der Waals surface area contributed by atoms with Crippen LogP contribution in [0, 0.1) is 10.9 Å². The topological polar surface area (TPSA) is 38.8 Å². The number of amides is 1. The van der Waals surface area contributed by atoms with Crippen LogP contribution >= 0.6 is 11.3 Å². The minimum atomic E-state index is -0.769. The summed E-state index contributed by atoms with van der Waals surface area (Å²) in [6, 6.07) is 0. The molecule has 0 atom stereocenters. The molecular formula is C16H21F2NO3S. The van der Waals surface area contributed by atoms with Crippen LogP contribution in [0.2, 0.25) is 0 Å². The van der Waals surface area contributed by atoms with Gasteiger partial charge in [0, 0.05) is 30.0 Å². The predicted octanol–water partition coefficient (Wildman–Crippen LogP) is 3.83.